The van der Waals surface area contributed by atoms with E-state index >= 15 is 0 Å². The van der Waals surface area contributed by atoms with E-state index < -0.39 is 10.0 Å². The normalized spacial score (nSPS) is 15.6. The molecule has 1 fully saturated rings. The molecule has 1 aliphatic rings. The van der Waals surface area contributed by atoms with E-state index in [9.17, 15) is 13.2 Å². The van der Waals surface area contributed by atoms with Crippen LogP contribution in [0.25, 0.3) is 10.2 Å². The standard InChI is InChI=1S/C22H26N2O3S2/c1-2-14-24-20-13-10-18(15-21(20)28-22(24)25)23-29(26,27)19-11-8-17(9-12-19)16-6-4-3-5-7-16/h8-13,15-16,23H,2-7,14H2,1H3. The first-order chi connectivity index (χ1) is 14.0. The number of aryl methyl sites for hydroxylation is 1. The Bertz CT molecular complexity index is 1150. The minimum absolute atomic E-state index is 0.0137. The van der Waals surface area contributed by atoms with Crippen LogP contribution in [0.5, 0.6) is 0 Å². The lowest BCUT2D eigenvalue weighted by molar-refractivity contribution is 0.443. The van der Waals surface area contributed by atoms with Gasteiger partial charge in [-0.3, -0.25) is 14.1 Å². The van der Waals surface area contributed by atoms with Gasteiger partial charge in [-0.15, -0.1) is 0 Å². The maximum absolute atomic E-state index is 12.8. The fraction of sp³-hybridized carbons (Fsp3) is 0.409. The van der Waals surface area contributed by atoms with Crippen molar-refractivity contribution in [3.05, 3.63) is 57.7 Å². The summed E-state index contributed by atoms with van der Waals surface area (Å²) in [4.78, 5) is 12.4. The number of fused-ring (bicyclic) bond motifs is 1. The van der Waals surface area contributed by atoms with Crippen LogP contribution in [0.4, 0.5) is 5.69 Å². The second kappa shape index (κ2) is 8.32. The number of sulfonamides is 1. The number of hydrogen-bond acceptors (Lipinski definition) is 4. The molecule has 0 atom stereocenters. The second-order valence-corrected chi connectivity index (χ2v) is 10.4. The Morgan fingerprint density at radius 3 is 2.48 bits per heavy atom. The summed E-state index contributed by atoms with van der Waals surface area (Å²) in [5, 5.41) is 0. The van der Waals surface area contributed by atoms with Gasteiger partial charge in [0.15, 0.2) is 0 Å². The second-order valence-electron chi connectivity index (χ2n) is 7.71. The number of thiazole rings is 1. The fourth-order valence-corrected chi connectivity index (χ4v) is 6.14. The fourth-order valence-electron chi connectivity index (χ4n) is 4.13. The molecule has 1 aromatic heterocycles. The van der Waals surface area contributed by atoms with Crippen molar-refractivity contribution in [2.45, 2.75) is 62.8 Å². The quantitative estimate of drug-likeness (QED) is 0.575. The van der Waals surface area contributed by atoms with Crippen molar-refractivity contribution in [1.82, 2.24) is 4.57 Å². The van der Waals surface area contributed by atoms with Gasteiger partial charge in [-0.2, -0.15) is 0 Å². The summed E-state index contributed by atoms with van der Waals surface area (Å²) in [6, 6.07) is 12.6. The Morgan fingerprint density at radius 2 is 1.79 bits per heavy atom. The van der Waals surface area contributed by atoms with Gasteiger partial charge in [-0.25, -0.2) is 8.42 Å². The topological polar surface area (TPSA) is 68.2 Å². The number of nitrogens with zero attached hydrogens (tertiary/aromatic N) is 1. The summed E-state index contributed by atoms with van der Waals surface area (Å²) in [5.41, 5.74) is 2.55. The first kappa shape index (κ1) is 20.2. The van der Waals surface area contributed by atoms with Gasteiger partial charge in [0, 0.05) is 6.54 Å². The third kappa shape index (κ3) is 4.26. The van der Waals surface area contributed by atoms with E-state index in [2.05, 4.69) is 4.72 Å². The molecule has 1 N–H and O–H groups in total. The monoisotopic (exact) mass is 430 g/mol. The van der Waals surface area contributed by atoms with Crippen molar-refractivity contribution in [1.29, 1.82) is 0 Å². The van der Waals surface area contributed by atoms with Crippen LogP contribution in [0.2, 0.25) is 0 Å². The van der Waals surface area contributed by atoms with Crippen LogP contribution >= 0.6 is 11.3 Å². The molecule has 1 saturated carbocycles. The maximum Gasteiger partial charge on any atom is 0.308 e. The van der Waals surface area contributed by atoms with Gasteiger partial charge in [0.1, 0.15) is 0 Å². The summed E-state index contributed by atoms with van der Waals surface area (Å²) < 4.78 is 30.8. The molecule has 0 radical (unpaired) electrons. The van der Waals surface area contributed by atoms with E-state index in [1.165, 1.54) is 37.7 Å². The highest BCUT2D eigenvalue weighted by Gasteiger charge is 2.19. The molecule has 0 amide bonds. The Hall–Kier alpha value is -2.12. The molecule has 7 heteroatoms. The molecular weight excluding hydrogens is 404 g/mol. The van der Waals surface area contributed by atoms with E-state index in [4.69, 9.17) is 0 Å². The lowest BCUT2D eigenvalue weighted by atomic mass is 9.84. The van der Waals surface area contributed by atoms with Gasteiger partial charge in [0.25, 0.3) is 10.0 Å². The molecule has 5 nitrogen and oxygen atoms in total. The van der Waals surface area contributed by atoms with Crippen molar-refractivity contribution < 1.29 is 8.42 Å². The first-order valence-electron chi connectivity index (χ1n) is 10.2. The van der Waals surface area contributed by atoms with Crippen molar-refractivity contribution in [2.75, 3.05) is 4.72 Å². The zero-order valence-corrected chi connectivity index (χ0v) is 18.2. The molecule has 4 rings (SSSR count). The van der Waals surface area contributed by atoms with Gasteiger partial charge in [-0.05, 0) is 61.1 Å². The summed E-state index contributed by atoms with van der Waals surface area (Å²) in [5.74, 6) is 0.547. The van der Waals surface area contributed by atoms with Crippen molar-refractivity contribution in [3.8, 4) is 0 Å². The van der Waals surface area contributed by atoms with Crippen LogP contribution in [-0.4, -0.2) is 13.0 Å². The molecule has 0 aliphatic heterocycles. The molecule has 1 aliphatic carbocycles. The van der Waals surface area contributed by atoms with Crippen molar-refractivity contribution in [3.63, 3.8) is 0 Å². The smallest absolute Gasteiger partial charge is 0.299 e. The third-order valence-electron chi connectivity index (χ3n) is 5.63. The largest absolute Gasteiger partial charge is 0.308 e. The SMILES string of the molecule is CCCn1c(=O)sc2cc(NS(=O)(=O)c3ccc(C4CCCCC4)cc3)ccc21. The minimum Gasteiger partial charge on any atom is -0.299 e. The van der Waals surface area contributed by atoms with Crippen LogP contribution in [0.15, 0.2) is 52.2 Å². The van der Waals surface area contributed by atoms with E-state index in [-0.39, 0.29) is 9.77 Å². The highest BCUT2D eigenvalue weighted by molar-refractivity contribution is 7.92. The molecule has 3 aromatic rings. The van der Waals surface area contributed by atoms with Crippen molar-refractivity contribution >= 4 is 37.3 Å². The molecule has 0 bridgehead atoms. The van der Waals surface area contributed by atoms with E-state index in [0.717, 1.165) is 28.0 Å². The number of nitrogens with one attached hydrogen (secondary N) is 1. The number of hydrogen-bond donors (Lipinski definition) is 1. The minimum atomic E-state index is -3.67. The number of benzene rings is 2. The van der Waals surface area contributed by atoms with Crippen LogP contribution < -0.4 is 9.60 Å². The number of anilines is 1. The molecule has 0 saturated heterocycles. The molecule has 2 aromatic carbocycles. The zero-order valence-electron chi connectivity index (χ0n) is 16.6. The summed E-state index contributed by atoms with van der Waals surface area (Å²) in [6.45, 7) is 2.69. The molecular formula is C22H26N2O3S2. The molecule has 0 unspecified atom stereocenters. The first-order valence-corrected chi connectivity index (χ1v) is 12.5. The molecule has 154 valence electrons. The predicted octanol–water partition coefficient (Wildman–Crippen LogP) is 5.32. The Balaban J connectivity index is 1.55. The van der Waals surface area contributed by atoms with E-state index in [1.54, 1.807) is 28.8 Å². The summed E-state index contributed by atoms with van der Waals surface area (Å²) in [7, 11) is -3.67. The number of aromatic nitrogens is 1. The lowest BCUT2D eigenvalue weighted by Crippen LogP contribution is -2.13. The molecule has 1 heterocycles. The van der Waals surface area contributed by atoms with Crippen LogP contribution in [0, 0.1) is 0 Å². The summed E-state index contributed by atoms with van der Waals surface area (Å²) in [6.07, 6.45) is 7.04. The molecule has 29 heavy (non-hydrogen) atoms. The maximum atomic E-state index is 12.8. The van der Waals surface area contributed by atoms with Gasteiger partial charge < -0.3 is 0 Å². The van der Waals surface area contributed by atoms with Gasteiger partial charge in [0.05, 0.1) is 20.8 Å². The van der Waals surface area contributed by atoms with Crippen LogP contribution in [0.3, 0.4) is 0 Å². The highest BCUT2D eigenvalue weighted by Crippen LogP contribution is 2.33. The third-order valence-corrected chi connectivity index (χ3v) is 7.97. The van der Waals surface area contributed by atoms with Crippen molar-refractivity contribution in [2.24, 2.45) is 0 Å². The van der Waals surface area contributed by atoms with Crippen LogP contribution in [0.1, 0.15) is 56.9 Å². The predicted molar refractivity (Wildman–Crippen MR) is 119 cm³/mol. The average molecular weight is 431 g/mol. The average Bonchev–Trinajstić information content (AvgIpc) is 3.03. The Labute approximate surface area is 175 Å². The highest BCUT2D eigenvalue weighted by atomic mass is 32.2. The van der Waals surface area contributed by atoms with Gasteiger partial charge >= 0.3 is 4.87 Å². The van der Waals surface area contributed by atoms with Gasteiger partial charge in [-0.1, -0.05) is 49.7 Å². The molecule has 0 spiro atoms. The zero-order chi connectivity index (χ0) is 20.4. The van der Waals surface area contributed by atoms with Gasteiger partial charge in [0.2, 0.25) is 0 Å². The number of rotatable bonds is 6. The summed E-state index contributed by atoms with van der Waals surface area (Å²) >= 11 is 1.15. The van der Waals surface area contributed by atoms with E-state index in [1.807, 2.05) is 25.1 Å². The lowest BCUT2D eigenvalue weighted by Gasteiger charge is -2.22. The van der Waals surface area contributed by atoms with Crippen LogP contribution in [-0.2, 0) is 16.6 Å². The van der Waals surface area contributed by atoms with E-state index in [0.29, 0.717) is 18.2 Å². The Morgan fingerprint density at radius 1 is 1.07 bits per heavy atom. The Kier molecular flexibility index (Phi) is 5.79.